The van der Waals surface area contributed by atoms with Crippen LogP contribution < -0.4 is 9.47 Å². The number of piperidine rings is 1. The Morgan fingerprint density at radius 1 is 1.46 bits per heavy atom. The highest BCUT2D eigenvalue weighted by atomic mass is 79.9. The molecule has 3 heterocycles. The molecule has 9 heteroatoms. The Kier molecular flexibility index (Phi) is 4.79. The van der Waals surface area contributed by atoms with Crippen LogP contribution in [-0.2, 0) is 9.47 Å². The van der Waals surface area contributed by atoms with Gasteiger partial charge in [0.25, 0.3) is 0 Å². The average molecular weight is 401 g/mol. The molecule has 1 aromatic heterocycles. The van der Waals surface area contributed by atoms with Crippen LogP contribution in [0.1, 0.15) is 23.2 Å². The van der Waals surface area contributed by atoms with Gasteiger partial charge in [0.2, 0.25) is 5.88 Å². The highest BCUT2D eigenvalue weighted by molar-refractivity contribution is 9.10. The number of rotatable bonds is 4. The van der Waals surface area contributed by atoms with Crippen molar-refractivity contribution in [1.82, 2.24) is 9.88 Å². The first-order valence-electron chi connectivity index (χ1n) is 7.46. The maximum atomic E-state index is 11.9. The quantitative estimate of drug-likeness (QED) is 0.564. The minimum Gasteiger partial charge on any atom is -0.487 e. The summed E-state index contributed by atoms with van der Waals surface area (Å²) in [5.74, 6) is 0.0342. The molecule has 0 bridgehead atoms. The molecular formula is C15H17BrN2O6. The highest BCUT2D eigenvalue weighted by Gasteiger charge is 2.39. The molecule has 24 heavy (non-hydrogen) atoms. The molecule has 0 aliphatic carbocycles. The van der Waals surface area contributed by atoms with Gasteiger partial charge in [0, 0.05) is 25.5 Å². The number of esters is 1. The monoisotopic (exact) mass is 400 g/mol. The number of fused-ring (bicyclic) bond motifs is 1. The van der Waals surface area contributed by atoms with E-state index in [9.17, 15) is 9.59 Å². The van der Waals surface area contributed by atoms with Crippen molar-refractivity contribution in [1.29, 1.82) is 0 Å². The summed E-state index contributed by atoms with van der Waals surface area (Å²) in [6.07, 6.45) is 0.978. The number of hydrogen-bond acceptors (Lipinski definition) is 7. The predicted molar refractivity (Wildman–Crippen MR) is 85.3 cm³/mol. The van der Waals surface area contributed by atoms with Crippen LogP contribution in [-0.4, -0.2) is 61.5 Å². The fraction of sp³-hybridized carbons (Fsp3) is 0.533. The number of amides is 1. The predicted octanol–water partition coefficient (Wildman–Crippen LogP) is 2.00. The molecule has 2 saturated heterocycles. The number of aromatic nitrogens is 1. The standard InChI is InChI=1S/C15H17BrN2O6/c1-21-13-10(14(19)22-2)6-11(12(16)17-13)24-9-3-4-18-8(5-9)7-23-15(18)20/h6,8-9H,3-5,7H2,1-2H3/t8-,9-/m0/s1. The van der Waals surface area contributed by atoms with Crippen LogP contribution in [0.15, 0.2) is 10.7 Å². The lowest BCUT2D eigenvalue weighted by Crippen LogP contribution is -2.44. The summed E-state index contributed by atoms with van der Waals surface area (Å²) in [6, 6.07) is 1.58. The van der Waals surface area contributed by atoms with Gasteiger partial charge in [-0.2, -0.15) is 0 Å². The van der Waals surface area contributed by atoms with Crippen molar-refractivity contribution in [2.75, 3.05) is 27.4 Å². The van der Waals surface area contributed by atoms with Crippen molar-refractivity contribution in [3.8, 4) is 11.6 Å². The molecule has 2 aliphatic heterocycles. The molecule has 2 atom stereocenters. The molecule has 0 aromatic carbocycles. The topological polar surface area (TPSA) is 87.2 Å². The maximum absolute atomic E-state index is 11.9. The van der Waals surface area contributed by atoms with Gasteiger partial charge in [-0.1, -0.05) is 0 Å². The van der Waals surface area contributed by atoms with Crippen LogP contribution >= 0.6 is 15.9 Å². The number of halogens is 1. The Bertz CT molecular complexity index is 668. The second kappa shape index (κ2) is 6.84. The molecule has 130 valence electrons. The number of carbonyl (C=O) groups excluding carboxylic acids is 2. The average Bonchev–Trinajstić information content (AvgIpc) is 2.96. The zero-order chi connectivity index (χ0) is 17.3. The third kappa shape index (κ3) is 3.12. The van der Waals surface area contributed by atoms with E-state index in [4.69, 9.17) is 18.9 Å². The van der Waals surface area contributed by atoms with Gasteiger partial charge in [-0.25, -0.2) is 14.6 Å². The normalized spacial score (nSPS) is 22.6. The first-order valence-corrected chi connectivity index (χ1v) is 8.25. The Balaban J connectivity index is 1.77. The summed E-state index contributed by atoms with van der Waals surface area (Å²) in [4.78, 5) is 29.3. The number of cyclic esters (lactones) is 1. The Morgan fingerprint density at radius 3 is 2.96 bits per heavy atom. The Labute approximate surface area is 147 Å². The van der Waals surface area contributed by atoms with Gasteiger partial charge in [-0.15, -0.1) is 0 Å². The van der Waals surface area contributed by atoms with Crippen LogP contribution in [0.5, 0.6) is 11.6 Å². The minimum atomic E-state index is -0.554. The zero-order valence-corrected chi connectivity index (χ0v) is 14.9. The molecule has 0 N–H and O–H groups in total. The molecule has 0 spiro atoms. The third-order valence-corrected chi connectivity index (χ3v) is 4.67. The number of hydrogen-bond donors (Lipinski definition) is 0. The molecule has 0 saturated carbocycles. The first kappa shape index (κ1) is 16.8. The number of pyridine rings is 1. The van der Waals surface area contributed by atoms with Gasteiger partial charge in [0.15, 0.2) is 10.4 Å². The lowest BCUT2D eigenvalue weighted by atomic mass is 10.0. The van der Waals surface area contributed by atoms with E-state index in [-0.39, 0.29) is 29.7 Å². The molecule has 3 rings (SSSR count). The van der Waals surface area contributed by atoms with Crippen LogP contribution in [0.3, 0.4) is 0 Å². The fourth-order valence-corrected chi connectivity index (χ4v) is 3.27. The molecule has 0 radical (unpaired) electrons. The molecule has 1 aromatic rings. The van der Waals surface area contributed by atoms with Crippen molar-refractivity contribution in [2.24, 2.45) is 0 Å². The smallest absolute Gasteiger partial charge is 0.410 e. The highest BCUT2D eigenvalue weighted by Crippen LogP contribution is 2.33. The summed E-state index contributed by atoms with van der Waals surface area (Å²) < 4.78 is 21.3. The van der Waals surface area contributed by atoms with E-state index in [2.05, 4.69) is 20.9 Å². The first-order chi connectivity index (χ1) is 11.5. The van der Waals surface area contributed by atoms with Crippen LogP contribution in [0, 0.1) is 0 Å². The third-order valence-electron chi connectivity index (χ3n) is 4.10. The molecular weight excluding hydrogens is 384 g/mol. The van der Waals surface area contributed by atoms with Gasteiger partial charge in [-0.3, -0.25) is 0 Å². The second-order valence-corrected chi connectivity index (χ2v) is 6.27. The maximum Gasteiger partial charge on any atom is 0.410 e. The molecule has 8 nitrogen and oxygen atoms in total. The van der Waals surface area contributed by atoms with Crippen molar-refractivity contribution >= 4 is 28.0 Å². The Hall–Kier alpha value is -2.03. The van der Waals surface area contributed by atoms with Crippen molar-refractivity contribution < 1.29 is 28.5 Å². The van der Waals surface area contributed by atoms with Crippen LogP contribution in [0.25, 0.3) is 0 Å². The summed E-state index contributed by atoms with van der Waals surface area (Å²) in [7, 11) is 2.71. The summed E-state index contributed by atoms with van der Waals surface area (Å²) in [5, 5.41) is 0. The lowest BCUT2D eigenvalue weighted by Gasteiger charge is -2.32. The molecule has 2 aliphatic rings. The van der Waals surface area contributed by atoms with Gasteiger partial charge < -0.3 is 23.8 Å². The number of ether oxygens (including phenoxy) is 4. The van der Waals surface area contributed by atoms with Crippen molar-refractivity contribution in [2.45, 2.75) is 25.0 Å². The summed E-state index contributed by atoms with van der Waals surface area (Å²) >= 11 is 3.33. The number of carbonyl (C=O) groups is 2. The Morgan fingerprint density at radius 2 is 2.25 bits per heavy atom. The molecule has 2 fully saturated rings. The number of methoxy groups -OCH3 is 2. The summed E-state index contributed by atoms with van der Waals surface area (Å²) in [6.45, 7) is 0.966. The molecule has 1 amide bonds. The van der Waals surface area contributed by atoms with Gasteiger partial charge in [-0.05, 0) is 15.9 Å². The zero-order valence-electron chi connectivity index (χ0n) is 13.3. The largest absolute Gasteiger partial charge is 0.487 e. The van der Waals surface area contributed by atoms with E-state index in [0.717, 1.165) is 0 Å². The number of nitrogens with zero attached hydrogens (tertiary/aromatic N) is 2. The minimum absolute atomic E-state index is 0.0290. The van der Waals surface area contributed by atoms with E-state index in [1.807, 2.05) is 0 Å². The van der Waals surface area contributed by atoms with Crippen molar-refractivity contribution in [3.63, 3.8) is 0 Å². The van der Waals surface area contributed by atoms with Crippen LogP contribution in [0.2, 0.25) is 0 Å². The van der Waals surface area contributed by atoms with Crippen molar-refractivity contribution in [3.05, 3.63) is 16.2 Å². The van der Waals surface area contributed by atoms with Crippen LogP contribution in [0.4, 0.5) is 4.79 Å². The fourth-order valence-electron chi connectivity index (χ4n) is 2.90. The molecule has 0 unspecified atom stereocenters. The van der Waals surface area contributed by atoms with E-state index in [1.165, 1.54) is 14.2 Å². The van der Waals surface area contributed by atoms with E-state index in [0.29, 0.717) is 36.3 Å². The lowest BCUT2D eigenvalue weighted by molar-refractivity contribution is 0.0592. The second-order valence-electron chi connectivity index (χ2n) is 5.51. The van der Waals surface area contributed by atoms with E-state index >= 15 is 0 Å². The van der Waals surface area contributed by atoms with Gasteiger partial charge in [0.05, 0.1) is 20.3 Å². The van der Waals surface area contributed by atoms with Gasteiger partial charge >= 0.3 is 12.1 Å². The van der Waals surface area contributed by atoms with E-state index < -0.39 is 5.97 Å². The summed E-state index contributed by atoms with van der Waals surface area (Å²) in [5.41, 5.74) is 0.190. The SMILES string of the molecule is COC(=O)c1cc(O[C@H]2CCN3C(=O)OC[C@@H]3C2)c(Br)nc1OC. The van der Waals surface area contributed by atoms with Gasteiger partial charge in [0.1, 0.15) is 18.3 Å². The van der Waals surface area contributed by atoms with E-state index in [1.54, 1.807) is 11.0 Å².